The van der Waals surface area contributed by atoms with E-state index in [0.29, 0.717) is 6.54 Å². The van der Waals surface area contributed by atoms with Gasteiger partial charge in [-0.25, -0.2) is 4.98 Å². The summed E-state index contributed by atoms with van der Waals surface area (Å²) in [7, 11) is 0. The van der Waals surface area contributed by atoms with Crippen molar-refractivity contribution in [3.05, 3.63) is 30.2 Å². The maximum atomic E-state index is 12.5. The van der Waals surface area contributed by atoms with E-state index >= 15 is 0 Å². The zero-order valence-electron chi connectivity index (χ0n) is 12.3. The summed E-state index contributed by atoms with van der Waals surface area (Å²) in [6.45, 7) is 6.30. The smallest absolute Gasteiger partial charge is 0.231 e. The second-order valence-corrected chi connectivity index (χ2v) is 5.21. The molecule has 0 unspecified atom stereocenters. The van der Waals surface area contributed by atoms with E-state index in [9.17, 15) is 4.79 Å². The molecule has 0 aromatic carbocycles. The number of fused-ring (bicyclic) bond motifs is 1. The van der Waals surface area contributed by atoms with Gasteiger partial charge < -0.3 is 15.5 Å². The molecule has 0 fully saturated rings. The maximum absolute atomic E-state index is 12.5. The summed E-state index contributed by atoms with van der Waals surface area (Å²) in [6, 6.07) is 3.76. The lowest BCUT2D eigenvalue weighted by molar-refractivity contribution is -0.125. The second kappa shape index (κ2) is 5.63. The van der Waals surface area contributed by atoms with Crippen molar-refractivity contribution in [1.82, 2.24) is 9.38 Å². The Balaban J connectivity index is 2.24. The number of rotatable bonds is 5. The van der Waals surface area contributed by atoms with Gasteiger partial charge in [-0.15, -0.1) is 0 Å². The molecule has 2 heterocycles. The minimum absolute atomic E-state index is 0.0128. The van der Waals surface area contributed by atoms with Crippen LogP contribution in [0.25, 0.3) is 5.65 Å². The molecule has 0 saturated carbocycles. The third-order valence-electron chi connectivity index (χ3n) is 4.06. The maximum Gasteiger partial charge on any atom is 0.231 e. The first-order chi connectivity index (χ1) is 9.54. The fourth-order valence-corrected chi connectivity index (χ4v) is 2.41. The predicted molar refractivity (Wildman–Crippen MR) is 80.6 cm³/mol. The average molecular weight is 274 g/mol. The zero-order valence-corrected chi connectivity index (χ0v) is 12.3. The molecule has 1 amide bonds. The standard InChI is InChI=1S/C15H22N4O/c1-4-15(5-2,10-16)14(20)18-12-6-7-13-17-11(3)8-19(13)9-12/h6-9H,4-5,10,16H2,1-3H3,(H,18,20). The van der Waals surface area contributed by atoms with Crippen LogP contribution in [0.2, 0.25) is 0 Å². The van der Waals surface area contributed by atoms with E-state index in [0.717, 1.165) is 29.9 Å². The van der Waals surface area contributed by atoms with Crippen LogP contribution >= 0.6 is 0 Å². The highest BCUT2D eigenvalue weighted by Crippen LogP contribution is 2.27. The van der Waals surface area contributed by atoms with Crippen molar-refractivity contribution >= 4 is 17.2 Å². The Morgan fingerprint density at radius 2 is 2.05 bits per heavy atom. The van der Waals surface area contributed by atoms with E-state index < -0.39 is 5.41 Å². The van der Waals surface area contributed by atoms with E-state index in [1.807, 2.05) is 49.7 Å². The third kappa shape index (κ3) is 2.54. The van der Waals surface area contributed by atoms with Gasteiger partial charge >= 0.3 is 0 Å². The van der Waals surface area contributed by atoms with Gasteiger partial charge in [0.15, 0.2) is 0 Å². The van der Waals surface area contributed by atoms with Gasteiger partial charge in [0.2, 0.25) is 5.91 Å². The summed E-state index contributed by atoms with van der Waals surface area (Å²) >= 11 is 0. The molecule has 5 heteroatoms. The molecule has 0 aliphatic rings. The normalized spacial score (nSPS) is 11.8. The van der Waals surface area contributed by atoms with Crippen LogP contribution in [-0.2, 0) is 4.79 Å². The molecule has 0 aliphatic heterocycles. The highest BCUT2D eigenvalue weighted by atomic mass is 16.2. The number of hydrogen-bond donors (Lipinski definition) is 2. The molecule has 0 spiro atoms. The predicted octanol–water partition coefficient (Wildman–Crippen LogP) is 2.35. The molecule has 3 N–H and O–H groups in total. The van der Waals surface area contributed by atoms with Gasteiger partial charge in [0.25, 0.3) is 0 Å². The molecule has 5 nitrogen and oxygen atoms in total. The van der Waals surface area contributed by atoms with Crippen molar-refractivity contribution in [3.8, 4) is 0 Å². The van der Waals surface area contributed by atoms with Crippen LogP contribution in [0.5, 0.6) is 0 Å². The fraction of sp³-hybridized carbons (Fsp3) is 0.467. The molecule has 0 bridgehead atoms. The summed E-state index contributed by atoms with van der Waals surface area (Å²) in [5.74, 6) is -0.0128. The SMILES string of the molecule is CCC(CC)(CN)C(=O)Nc1ccc2nc(C)cn2c1. The molecule has 108 valence electrons. The fourth-order valence-electron chi connectivity index (χ4n) is 2.41. The van der Waals surface area contributed by atoms with Gasteiger partial charge in [-0.05, 0) is 31.9 Å². The summed E-state index contributed by atoms with van der Waals surface area (Å²) in [6.07, 6.45) is 5.27. The number of aromatic nitrogens is 2. The monoisotopic (exact) mass is 274 g/mol. The minimum atomic E-state index is -0.486. The number of aryl methyl sites for hydroxylation is 1. The Labute approximate surface area is 119 Å². The Hall–Kier alpha value is -1.88. The number of amides is 1. The molecule has 0 radical (unpaired) electrons. The number of imidazole rings is 1. The number of nitrogens with two attached hydrogens (primary N) is 1. The Morgan fingerprint density at radius 3 is 2.65 bits per heavy atom. The summed E-state index contributed by atoms with van der Waals surface area (Å²) < 4.78 is 1.91. The lowest BCUT2D eigenvalue weighted by atomic mass is 9.81. The first kappa shape index (κ1) is 14.5. The van der Waals surface area contributed by atoms with Crippen molar-refractivity contribution in [2.45, 2.75) is 33.6 Å². The summed E-state index contributed by atoms with van der Waals surface area (Å²) in [5.41, 5.74) is 7.90. The number of nitrogens with zero attached hydrogens (tertiary/aromatic N) is 2. The quantitative estimate of drug-likeness (QED) is 0.879. The van der Waals surface area contributed by atoms with Crippen LogP contribution in [0.1, 0.15) is 32.4 Å². The largest absolute Gasteiger partial charge is 0.329 e. The van der Waals surface area contributed by atoms with Crippen LogP contribution in [0, 0.1) is 12.3 Å². The number of anilines is 1. The van der Waals surface area contributed by atoms with Crippen LogP contribution in [-0.4, -0.2) is 21.8 Å². The minimum Gasteiger partial charge on any atom is -0.329 e. The number of carbonyl (C=O) groups is 1. The molecule has 0 atom stereocenters. The van der Waals surface area contributed by atoms with E-state index in [1.54, 1.807) is 0 Å². The zero-order chi connectivity index (χ0) is 14.8. The summed E-state index contributed by atoms with van der Waals surface area (Å²) in [4.78, 5) is 16.8. The topological polar surface area (TPSA) is 72.4 Å². The average Bonchev–Trinajstić information content (AvgIpc) is 2.81. The first-order valence-corrected chi connectivity index (χ1v) is 7.01. The van der Waals surface area contributed by atoms with E-state index in [-0.39, 0.29) is 5.91 Å². The molecule has 2 aromatic rings. The van der Waals surface area contributed by atoms with E-state index in [2.05, 4.69) is 10.3 Å². The second-order valence-electron chi connectivity index (χ2n) is 5.21. The van der Waals surface area contributed by atoms with Gasteiger partial charge in [-0.2, -0.15) is 0 Å². The Bertz CT molecular complexity index is 605. The van der Waals surface area contributed by atoms with Crippen LogP contribution in [0.15, 0.2) is 24.5 Å². The summed E-state index contributed by atoms with van der Waals surface area (Å²) in [5, 5.41) is 2.97. The number of nitrogens with one attached hydrogen (secondary N) is 1. The number of hydrogen-bond acceptors (Lipinski definition) is 3. The molecular formula is C15H22N4O. The van der Waals surface area contributed by atoms with Gasteiger partial charge in [-0.3, -0.25) is 4.79 Å². The van der Waals surface area contributed by atoms with Gasteiger partial charge in [0.05, 0.1) is 16.8 Å². The van der Waals surface area contributed by atoms with Gasteiger partial charge in [-0.1, -0.05) is 13.8 Å². The Morgan fingerprint density at radius 1 is 1.35 bits per heavy atom. The van der Waals surface area contributed by atoms with Crippen molar-refractivity contribution in [2.75, 3.05) is 11.9 Å². The van der Waals surface area contributed by atoms with E-state index in [1.165, 1.54) is 0 Å². The third-order valence-corrected chi connectivity index (χ3v) is 4.06. The molecule has 0 aliphatic carbocycles. The van der Waals surface area contributed by atoms with Gasteiger partial charge in [0, 0.05) is 18.9 Å². The van der Waals surface area contributed by atoms with Crippen LogP contribution in [0.3, 0.4) is 0 Å². The van der Waals surface area contributed by atoms with Crippen molar-refractivity contribution in [2.24, 2.45) is 11.1 Å². The van der Waals surface area contributed by atoms with E-state index in [4.69, 9.17) is 5.73 Å². The highest BCUT2D eigenvalue weighted by Gasteiger charge is 2.33. The first-order valence-electron chi connectivity index (χ1n) is 7.01. The van der Waals surface area contributed by atoms with Crippen LogP contribution in [0.4, 0.5) is 5.69 Å². The van der Waals surface area contributed by atoms with Gasteiger partial charge in [0.1, 0.15) is 5.65 Å². The molecule has 2 aromatic heterocycles. The highest BCUT2D eigenvalue weighted by molar-refractivity contribution is 5.95. The number of pyridine rings is 1. The van der Waals surface area contributed by atoms with Crippen molar-refractivity contribution in [1.29, 1.82) is 0 Å². The number of carbonyl (C=O) groups excluding carboxylic acids is 1. The molecule has 20 heavy (non-hydrogen) atoms. The lowest BCUT2D eigenvalue weighted by Gasteiger charge is -2.28. The van der Waals surface area contributed by atoms with Crippen LogP contribution < -0.4 is 11.1 Å². The Kier molecular flexibility index (Phi) is 4.09. The van der Waals surface area contributed by atoms with Crippen molar-refractivity contribution in [3.63, 3.8) is 0 Å². The van der Waals surface area contributed by atoms with Crippen molar-refractivity contribution < 1.29 is 4.79 Å². The lowest BCUT2D eigenvalue weighted by Crippen LogP contribution is -2.41. The molecule has 2 rings (SSSR count). The molecule has 0 saturated heterocycles. The molecular weight excluding hydrogens is 252 g/mol.